The SMILES string of the molecule is CC[C@H](C)N1C(=O)[C@H]2[C@@H](C(=O)Nc3ccc(OC)cc3)[C@H]3C=C[C@@]2(O3)[C@@H]1C(=O)NC1CCCCC1. The Kier molecular flexibility index (Phi) is 6.34. The minimum absolute atomic E-state index is 0.123. The van der Waals surface area contributed by atoms with Crippen LogP contribution in [0.5, 0.6) is 5.75 Å². The van der Waals surface area contributed by atoms with Crippen molar-refractivity contribution < 1.29 is 23.9 Å². The Morgan fingerprint density at radius 2 is 1.89 bits per heavy atom. The van der Waals surface area contributed by atoms with Crippen LogP contribution in [0.2, 0.25) is 0 Å². The van der Waals surface area contributed by atoms with Gasteiger partial charge in [-0.2, -0.15) is 0 Å². The normalized spacial score (nSPS) is 32.4. The number of carbonyl (C=O) groups excluding carboxylic acids is 3. The van der Waals surface area contributed by atoms with Crippen LogP contribution in [-0.2, 0) is 19.1 Å². The number of benzene rings is 1. The first-order valence-electron chi connectivity index (χ1n) is 12.8. The lowest BCUT2D eigenvalue weighted by atomic mass is 9.74. The molecule has 0 unspecified atom stereocenters. The maximum absolute atomic E-state index is 13.9. The van der Waals surface area contributed by atoms with Gasteiger partial charge in [0.25, 0.3) is 0 Å². The number of fused-ring (bicyclic) bond motifs is 1. The standard InChI is InChI=1S/C27H35N3O5/c1-4-16(2)30-23(25(32)29-17-8-6-5-7-9-17)27-15-14-20(35-27)21(22(27)26(30)33)24(31)28-18-10-12-19(34-3)13-11-18/h10-17,20-23H,4-9H2,1-3H3,(H,28,31)(H,29,32)/t16-,20+,21-,22+,23-,27-/m0/s1. The summed E-state index contributed by atoms with van der Waals surface area (Å²) in [5.41, 5.74) is -0.501. The van der Waals surface area contributed by atoms with Crippen LogP contribution >= 0.6 is 0 Å². The third kappa shape index (κ3) is 3.92. The molecule has 1 spiro atoms. The molecular formula is C27H35N3O5. The molecule has 5 rings (SSSR count). The van der Waals surface area contributed by atoms with Crippen LogP contribution in [-0.4, -0.2) is 59.6 Å². The number of ether oxygens (including phenoxy) is 2. The molecule has 0 radical (unpaired) electrons. The average Bonchev–Trinajstić information content (AvgIpc) is 3.52. The molecule has 0 aromatic heterocycles. The summed E-state index contributed by atoms with van der Waals surface area (Å²) in [6, 6.07) is 6.26. The van der Waals surface area contributed by atoms with Gasteiger partial charge < -0.3 is 25.0 Å². The van der Waals surface area contributed by atoms with Gasteiger partial charge in [0.15, 0.2) is 0 Å². The number of carbonyl (C=O) groups is 3. The fourth-order valence-corrected chi connectivity index (χ4v) is 6.30. The summed E-state index contributed by atoms with van der Waals surface area (Å²) < 4.78 is 11.6. The molecule has 1 aromatic carbocycles. The first-order valence-corrected chi connectivity index (χ1v) is 12.8. The van der Waals surface area contributed by atoms with Gasteiger partial charge in [0.05, 0.1) is 25.0 Å². The molecule has 3 heterocycles. The van der Waals surface area contributed by atoms with Gasteiger partial charge in [0, 0.05) is 17.8 Å². The number of amides is 3. The van der Waals surface area contributed by atoms with Crippen molar-refractivity contribution in [2.45, 2.75) is 82.2 Å². The highest BCUT2D eigenvalue weighted by atomic mass is 16.5. The first-order chi connectivity index (χ1) is 16.9. The van der Waals surface area contributed by atoms with Crippen LogP contribution in [0.25, 0.3) is 0 Å². The zero-order valence-corrected chi connectivity index (χ0v) is 20.7. The minimum Gasteiger partial charge on any atom is -0.497 e. The number of anilines is 1. The van der Waals surface area contributed by atoms with Crippen LogP contribution in [0.1, 0.15) is 52.4 Å². The van der Waals surface area contributed by atoms with Gasteiger partial charge in [-0.3, -0.25) is 14.4 Å². The molecule has 2 saturated heterocycles. The van der Waals surface area contributed by atoms with Crippen LogP contribution in [0, 0.1) is 11.8 Å². The molecule has 1 aromatic rings. The van der Waals surface area contributed by atoms with Crippen molar-refractivity contribution in [2.24, 2.45) is 11.8 Å². The van der Waals surface area contributed by atoms with Crippen molar-refractivity contribution in [2.75, 3.05) is 12.4 Å². The second-order valence-corrected chi connectivity index (χ2v) is 10.3. The summed E-state index contributed by atoms with van der Waals surface area (Å²) >= 11 is 0. The van der Waals surface area contributed by atoms with Crippen LogP contribution < -0.4 is 15.4 Å². The molecule has 3 amide bonds. The van der Waals surface area contributed by atoms with Gasteiger partial charge >= 0.3 is 0 Å². The topological polar surface area (TPSA) is 97.0 Å². The highest BCUT2D eigenvalue weighted by Crippen LogP contribution is 2.55. The lowest BCUT2D eigenvalue weighted by molar-refractivity contribution is -0.143. The van der Waals surface area contributed by atoms with Gasteiger partial charge in [-0.05, 0) is 50.5 Å². The van der Waals surface area contributed by atoms with E-state index >= 15 is 0 Å². The van der Waals surface area contributed by atoms with Crippen molar-refractivity contribution in [3.05, 3.63) is 36.4 Å². The van der Waals surface area contributed by atoms with E-state index in [1.54, 1.807) is 36.3 Å². The van der Waals surface area contributed by atoms with E-state index in [1.807, 2.05) is 26.0 Å². The fourth-order valence-electron chi connectivity index (χ4n) is 6.30. The van der Waals surface area contributed by atoms with Crippen LogP contribution in [0.15, 0.2) is 36.4 Å². The van der Waals surface area contributed by atoms with Gasteiger partial charge in [-0.15, -0.1) is 0 Å². The number of hydrogen-bond acceptors (Lipinski definition) is 5. The van der Waals surface area contributed by atoms with Crippen molar-refractivity contribution in [1.82, 2.24) is 10.2 Å². The van der Waals surface area contributed by atoms with Gasteiger partial charge in [-0.1, -0.05) is 38.3 Å². The summed E-state index contributed by atoms with van der Waals surface area (Å²) in [5.74, 6) is -1.36. The highest BCUT2D eigenvalue weighted by molar-refractivity contribution is 6.03. The van der Waals surface area contributed by atoms with E-state index in [4.69, 9.17) is 9.47 Å². The molecule has 6 atom stereocenters. The molecule has 35 heavy (non-hydrogen) atoms. The quantitative estimate of drug-likeness (QED) is 0.584. The van der Waals surface area contributed by atoms with Gasteiger partial charge in [-0.25, -0.2) is 0 Å². The Morgan fingerprint density at radius 1 is 1.17 bits per heavy atom. The Balaban J connectivity index is 1.43. The monoisotopic (exact) mass is 481 g/mol. The smallest absolute Gasteiger partial charge is 0.246 e. The Labute approximate surface area is 206 Å². The van der Waals surface area contributed by atoms with E-state index in [0.717, 1.165) is 25.7 Å². The van der Waals surface area contributed by atoms with E-state index in [-0.39, 0.29) is 29.8 Å². The minimum atomic E-state index is -1.12. The van der Waals surface area contributed by atoms with Gasteiger partial charge in [0.1, 0.15) is 17.4 Å². The molecule has 8 heteroatoms. The predicted octanol–water partition coefficient (Wildman–Crippen LogP) is 3.03. The van der Waals surface area contributed by atoms with Crippen molar-refractivity contribution >= 4 is 23.4 Å². The summed E-state index contributed by atoms with van der Waals surface area (Å²) in [5, 5.41) is 6.15. The Bertz CT molecular complexity index is 1020. The lowest BCUT2D eigenvalue weighted by Crippen LogP contribution is -2.58. The maximum atomic E-state index is 13.9. The fraction of sp³-hybridized carbons (Fsp3) is 0.593. The zero-order valence-electron chi connectivity index (χ0n) is 20.7. The zero-order chi connectivity index (χ0) is 24.7. The van der Waals surface area contributed by atoms with Crippen molar-refractivity contribution in [3.63, 3.8) is 0 Å². The molecular weight excluding hydrogens is 446 g/mol. The highest BCUT2D eigenvalue weighted by Gasteiger charge is 2.73. The number of nitrogens with one attached hydrogen (secondary N) is 2. The third-order valence-electron chi connectivity index (χ3n) is 8.24. The molecule has 2 N–H and O–H groups in total. The number of hydrogen-bond donors (Lipinski definition) is 2. The van der Waals surface area contributed by atoms with E-state index < -0.39 is 29.6 Å². The number of rotatable bonds is 7. The Morgan fingerprint density at radius 3 is 2.54 bits per heavy atom. The van der Waals surface area contributed by atoms with E-state index in [0.29, 0.717) is 17.9 Å². The molecule has 8 nitrogen and oxygen atoms in total. The largest absolute Gasteiger partial charge is 0.497 e. The first kappa shape index (κ1) is 23.9. The molecule has 3 aliphatic heterocycles. The van der Waals surface area contributed by atoms with E-state index in [9.17, 15) is 14.4 Å². The molecule has 1 saturated carbocycles. The number of likely N-dealkylation sites (tertiary alicyclic amines) is 1. The second kappa shape index (κ2) is 9.30. The summed E-state index contributed by atoms with van der Waals surface area (Å²) in [4.78, 5) is 42.7. The predicted molar refractivity (Wildman–Crippen MR) is 131 cm³/mol. The van der Waals surface area contributed by atoms with Crippen molar-refractivity contribution in [3.8, 4) is 5.75 Å². The number of nitrogens with zero attached hydrogens (tertiary/aromatic N) is 1. The van der Waals surface area contributed by atoms with Crippen molar-refractivity contribution in [1.29, 1.82) is 0 Å². The summed E-state index contributed by atoms with van der Waals surface area (Å²) in [6.07, 6.45) is 9.19. The molecule has 2 bridgehead atoms. The maximum Gasteiger partial charge on any atom is 0.246 e. The average molecular weight is 482 g/mol. The summed E-state index contributed by atoms with van der Waals surface area (Å²) in [7, 11) is 1.58. The summed E-state index contributed by atoms with van der Waals surface area (Å²) in [6.45, 7) is 3.96. The van der Waals surface area contributed by atoms with Crippen LogP contribution in [0.3, 0.4) is 0 Å². The molecule has 3 fully saturated rings. The molecule has 4 aliphatic rings. The Hall–Kier alpha value is -2.87. The second-order valence-electron chi connectivity index (χ2n) is 10.3. The number of methoxy groups -OCH3 is 1. The van der Waals surface area contributed by atoms with E-state index in [1.165, 1.54) is 6.42 Å². The van der Waals surface area contributed by atoms with Crippen LogP contribution in [0.4, 0.5) is 5.69 Å². The molecule has 1 aliphatic carbocycles. The van der Waals surface area contributed by atoms with E-state index in [2.05, 4.69) is 10.6 Å². The molecule has 188 valence electrons. The third-order valence-corrected chi connectivity index (χ3v) is 8.24. The van der Waals surface area contributed by atoms with Gasteiger partial charge in [0.2, 0.25) is 17.7 Å². The lowest BCUT2D eigenvalue weighted by Gasteiger charge is -2.36.